The molecule has 2 aromatic carbocycles. The summed E-state index contributed by atoms with van der Waals surface area (Å²) < 4.78 is 41.1. The van der Waals surface area contributed by atoms with Crippen molar-refractivity contribution >= 4 is 34.4 Å². The average molecular weight is 630 g/mol. The molecule has 0 fully saturated rings. The van der Waals surface area contributed by atoms with Gasteiger partial charge < -0.3 is 19.9 Å². The van der Waals surface area contributed by atoms with E-state index in [0.29, 0.717) is 28.2 Å². The number of hydrogen-bond acceptors (Lipinski definition) is 7. The molecule has 236 valence electrons. The number of hydrazone groups is 1. The second-order valence-electron chi connectivity index (χ2n) is 10.7. The minimum atomic E-state index is -4.78. The van der Waals surface area contributed by atoms with Crippen molar-refractivity contribution in [3.8, 4) is 5.75 Å². The molecule has 0 saturated heterocycles. The molecular formula is C32H38F3N5O3S. The van der Waals surface area contributed by atoms with Crippen LogP contribution in [0, 0.1) is 0 Å². The molecule has 1 heterocycles. The highest BCUT2D eigenvalue weighted by molar-refractivity contribution is 7.17. The molecule has 0 unspecified atom stereocenters. The van der Waals surface area contributed by atoms with Gasteiger partial charge in [-0.3, -0.25) is 9.59 Å². The number of nitrogens with one attached hydrogen (secondary N) is 2. The van der Waals surface area contributed by atoms with Crippen LogP contribution in [0.25, 0.3) is 0 Å². The van der Waals surface area contributed by atoms with Crippen molar-refractivity contribution in [3.63, 3.8) is 0 Å². The first kappa shape index (κ1) is 33.2. The highest BCUT2D eigenvalue weighted by Crippen LogP contribution is 2.38. The predicted molar refractivity (Wildman–Crippen MR) is 168 cm³/mol. The van der Waals surface area contributed by atoms with E-state index in [4.69, 9.17) is 0 Å². The van der Waals surface area contributed by atoms with Crippen LogP contribution in [0.3, 0.4) is 0 Å². The van der Waals surface area contributed by atoms with Gasteiger partial charge in [-0.05, 0) is 98.9 Å². The number of likely N-dealkylation sites (N-methyl/N-ethyl adjacent to an activating group) is 2. The lowest BCUT2D eigenvalue weighted by Crippen LogP contribution is -2.32. The number of fused-ring (bicyclic) bond motifs is 1. The van der Waals surface area contributed by atoms with E-state index >= 15 is 0 Å². The van der Waals surface area contributed by atoms with Crippen LogP contribution >= 0.6 is 11.3 Å². The van der Waals surface area contributed by atoms with Gasteiger partial charge in [0.15, 0.2) is 0 Å². The summed E-state index contributed by atoms with van der Waals surface area (Å²) in [6, 6.07) is 12.6. The minimum Gasteiger partial charge on any atom is -0.406 e. The zero-order valence-corrected chi connectivity index (χ0v) is 26.0. The van der Waals surface area contributed by atoms with Crippen LogP contribution < -0.4 is 15.5 Å². The fraction of sp³-hybridized carbons (Fsp3) is 0.406. The van der Waals surface area contributed by atoms with Crippen molar-refractivity contribution in [1.29, 1.82) is 0 Å². The summed E-state index contributed by atoms with van der Waals surface area (Å²) in [5.41, 5.74) is 5.83. The Balaban J connectivity index is 1.43. The van der Waals surface area contributed by atoms with Gasteiger partial charge in [0, 0.05) is 30.1 Å². The number of ether oxygens (including phenoxy) is 1. The summed E-state index contributed by atoms with van der Waals surface area (Å²) in [4.78, 5) is 32.4. The number of halogens is 3. The lowest BCUT2D eigenvalue weighted by molar-refractivity contribution is -0.274. The molecule has 0 radical (unpaired) electrons. The van der Waals surface area contributed by atoms with Crippen LogP contribution in [0.4, 0.5) is 18.2 Å². The van der Waals surface area contributed by atoms with Crippen molar-refractivity contribution in [2.75, 3.05) is 38.5 Å². The first-order valence-electron chi connectivity index (χ1n) is 14.7. The van der Waals surface area contributed by atoms with Crippen molar-refractivity contribution < 1.29 is 27.5 Å². The molecule has 0 aliphatic heterocycles. The van der Waals surface area contributed by atoms with Crippen molar-refractivity contribution in [2.45, 2.75) is 52.4 Å². The Kier molecular flexibility index (Phi) is 11.5. The van der Waals surface area contributed by atoms with Gasteiger partial charge >= 0.3 is 6.36 Å². The van der Waals surface area contributed by atoms with Gasteiger partial charge in [0.2, 0.25) is 0 Å². The Morgan fingerprint density at radius 1 is 1.02 bits per heavy atom. The normalized spacial score (nSPS) is 13.4. The SMILES string of the molecule is CCN(CC)CCN(C)Cc1cccc(C(=O)Nc2sc3c(c2C(=O)NN=Cc2ccc(OC(F)(F)F)cc2)CCCC3)c1. The van der Waals surface area contributed by atoms with Gasteiger partial charge in [-0.2, -0.15) is 5.10 Å². The lowest BCUT2D eigenvalue weighted by Gasteiger charge is -2.23. The smallest absolute Gasteiger partial charge is 0.406 e. The predicted octanol–water partition coefficient (Wildman–Crippen LogP) is 6.32. The molecule has 0 spiro atoms. The third-order valence-corrected chi connectivity index (χ3v) is 8.66. The van der Waals surface area contributed by atoms with E-state index in [0.717, 1.165) is 67.9 Å². The third-order valence-electron chi connectivity index (χ3n) is 7.45. The third kappa shape index (κ3) is 9.38. The zero-order valence-electron chi connectivity index (χ0n) is 25.2. The van der Waals surface area contributed by atoms with Gasteiger partial charge in [0.05, 0.1) is 11.8 Å². The number of carbonyl (C=O) groups excluding carboxylic acids is 2. The average Bonchev–Trinajstić information content (AvgIpc) is 3.35. The second-order valence-corrected chi connectivity index (χ2v) is 11.8. The highest BCUT2D eigenvalue weighted by atomic mass is 32.1. The fourth-order valence-corrected chi connectivity index (χ4v) is 6.38. The van der Waals surface area contributed by atoms with E-state index in [1.807, 2.05) is 18.2 Å². The number of carbonyl (C=O) groups is 2. The summed E-state index contributed by atoms with van der Waals surface area (Å²) >= 11 is 1.41. The highest BCUT2D eigenvalue weighted by Gasteiger charge is 2.31. The number of rotatable bonds is 13. The Labute approximate surface area is 259 Å². The van der Waals surface area contributed by atoms with E-state index in [1.54, 1.807) is 6.07 Å². The summed E-state index contributed by atoms with van der Waals surface area (Å²) in [5, 5.41) is 7.45. The van der Waals surface area contributed by atoms with E-state index in [1.165, 1.54) is 41.8 Å². The van der Waals surface area contributed by atoms with E-state index in [-0.39, 0.29) is 11.7 Å². The summed E-state index contributed by atoms with van der Waals surface area (Å²) in [5.74, 6) is -1.11. The topological polar surface area (TPSA) is 86.3 Å². The van der Waals surface area contributed by atoms with Gasteiger partial charge in [-0.1, -0.05) is 26.0 Å². The number of amides is 2. The first-order chi connectivity index (χ1) is 21.1. The summed E-state index contributed by atoms with van der Waals surface area (Å²) in [6.07, 6.45) is 0.0674. The maximum Gasteiger partial charge on any atom is 0.573 e. The molecule has 0 atom stereocenters. The molecule has 0 bridgehead atoms. The van der Waals surface area contributed by atoms with Crippen LogP contribution in [0.15, 0.2) is 53.6 Å². The number of thiophene rings is 1. The Hall–Kier alpha value is -3.74. The molecule has 44 heavy (non-hydrogen) atoms. The number of alkyl halides is 3. The standard InChI is InChI=1S/C32H38F3N5O3S/c1-4-40(5-2)18-17-39(3)21-23-9-8-10-24(19-23)29(41)37-31-28(26-11-6-7-12-27(26)44-31)30(42)38-36-20-22-13-15-25(16-14-22)43-32(33,34)35/h8-10,13-16,19-20H,4-7,11-12,17-18,21H2,1-3H3,(H,37,41)(H,38,42). The van der Waals surface area contributed by atoms with E-state index < -0.39 is 12.3 Å². The Morgan fingerprint density at radius 3 is 2.45 bits per heavy atom. The Bertz CT molecular complexity index is 1450. The van der Waals surface area contributed by atoms with Gasteiger partial charge in [-0.15, -0.1) is 24.5 Å². The molecule has 0 saturated carbocycles. The lowest BCUT2D eigenvalue weighted by atomic mass is 9.95. The number of nitrogens with zero attached hydrogens (tertiary/aromatic N) is 3. The zero-order chi connectivity index (χ0) is 31.7. The maximum absolute atomic E-state index is 13.4. The van der Waals surface area contributed by atoms with E-state index in [9.17, 15) is 22.8 Å². The maximum atomic E-state index is 13.4. The number of aryl methyl sites for hydroxylation is 1. The quantitative estimate of drug-likeness (QED) is 0.171. The first-order valence-corrected chi connectivity index (χ1v) is 15.5. The molecule has 3 aromatic rings. The molecule has 1 aromatic heterocycles. The molecule has 8 nitrogen and oxygen atoms in total. The Morgan fingerprint density at radius 2 is 1.75 bits per heavy atom. The minimum absolute atomic E-state index is 0.296. The van der Waals surface area contributed by atoms with E-state index in [2.05, 4.69) is 51.3 Å². The van der Waals surface area contributed by atoms with Gasteiger partial charge in [0.1, 0.15) is 10.8 Å². The van der Waals surface area contributed by atoms with Gasteiger partial charge in [-0.25, -0.2) is 5.43 Å². The van der Waals surface area contributed by atoms with Crippen LogP contribution in [-0.4, -0.2) is 67.4 Å². The fourth-order valence-electron chi connectivity index (χ4n) is 5.10. The molecule has 2 amide bonds. The van der Waals surface area contributed by atoms with Gasteiger partial charge in [0.25, 0.3) is 11.8 Å². The largest absolute Gasteiger partial charge is 0.573 e. The summed E-state index contributed by atoms with van der Waals surface area (Å²) in [7, 11) is 2.07. The van der Waals surface area contributed by atoms with Crippen molar-refractivity contribution in [2.24, 2.45) is 5.10 Å². The monoisotopic (exact) mass is 629 g/mol. The van der Waals surface area contributed by atoms with Crippen LogP contribution in [-0.2, 0) is 19.4 Å². The molecule has 12 heteroatoms. The van der Waals surface area contributed by atoms with Crippen molar-refractivity contribution in [1.82, 2.24) is 15.2 Å². The summed E-state index contributed by atoms with van der Waals surface area (Å²) in [6.45, 7) is 8.93. The second kappa shape index (κ2) is 15.3. The molecular weight excluding hydrogens is 591 g/mol. The van der Waals surface area contributed by atoms with Crippen LogP contribution in [0.5, 0.6) is 5.75 Å². The van der Waals surface area contributed by atoms with Crippen LogP contribution in [0.2, 0.25) is 0 Å². The number of hydrogen-bond donors (Lipinski definition) is 2. The molecule has 2 N–H and O–H groups in total. The van der Waals surface area contributed by atoms with Crippen LogP contribution in [0.1, 0.15) is 69.0 Å². The van der Waals surface area contributed by atoms with Crippen molar-refractivity contribution in [3.05, 3.63) is 81.2 Å². The molecule has 1 aliphatic rings. The molecule has 1 aliphatic carbocycles. The molecule has 4 rings (SSSR count). The number of benzene rings is 2. The number of anilines is 1.